The van der Waals surface area contributed by atoms with E-state index >= 15 is 0 Å². The van der Waals surface area contributed by atoms with Gasteiger partial charge < -0.3 is 14.1 Å². The molecule has 0 aliphatic carbocycles. The van der Waals surface area contributed by atoms with E-state index in [1.807, 2.05) is 4.90 Å². The van der Waals surface area contributed by atoms with Crippen LogP contribution in [0, 0.1) is 11.3 Å². The van der Waals surface area contributed by atoms with Crippen molar-refractivity contribution in [3.8, 4) is 0 Å². The minimum atomic E-state index is -1.71. The number of amides is 1. The number of hydrogen-bond acceptors (Lipinski definition) is 3. The van der Waals surface area contributed by atoms with E-state index in [9.17, 15) is 4.79 Å². The monoisotopic (exact) mass is 371 g/mol. The number of carbonyl (C=O) groups excluding carboxylic acids is 1. The number of rotatable bonds is 5. The average Bonchev–Trinajstić information content (AvgIpc) is 2.48. The highest BCUT2D eigenvalue weighted by molar-refractivity contribution is 6.74. The third kappa shape index (κ3) is 6.93. The van der Waals surface area contributed by atoms with Gasteiger partial charge in [0.05, 0.1) is 7.11 Å². The first-order valence-electron chi connectivity index (χ1n) is 9.75. The van der Waals surface area contributed by atoms with Gasteiger partial charge in [-0.15, -0.1) is 0 Å². The molecule has 0 aromatic rings. The molecule has 1 rings (SSSR count). The lowest BCUT2D eigenvalue weighted by Gasteiger charge is -2.42. The Morgan fingerprint density at radius 1 is 1.16 bits per heavy atom. The van der Waals surface area contributed by atoms with E-state index in [4.69, 9.17) is 9.16 Å². The molecule has 1 aliphatic heterocycles. The van der Waals surface area contributed by atoms with E-state index in [0.717, 1.165) is 38.8 Å². The predicted octanol–water partition coefficient (Wildman–Crippen LogP) is 5.68. The van der Waals surface area contributed by atoms with Gasteiger partial charge in [-0.1, -0.05) is 41.5 Å². The lowest BCUT2D eigenvalue weighted by Crippen LogP contribution is -2.48. The van der Waals surface area contributed by atoms with Gasteiger partial charge in [0.25, 0.3) is 0 Å². The summed E-state index contributed by atoms with van der Waals surface area (Å²) in [5, 5.41) is 0.241. The van der Waals surface area contributed by atoms with Crippen molar-refractivity contribution in [2.45, 2.75) is 91.4 Å². The zero-order chi connectivity index (χ0) is 19.5. The summed E-state index contributed by atoms with van der Waals surface area (Å²) in [4.78, 5) is 14.1. The summed E-state index contributed by atoms with van der Waals surface area (Å²) in [5.74, 6) is 0.542. The summed E-state index contributed by atoms with van der Waals surface area (Å²) in [7, 11) is -0.228. The van der Waals surface area contributed by atoms with E-state index in [1.165, 1.54) is 7.11 Å². The Labute approximate surface area is 156 Å². The van der Waals surface area contributed by atoms with Crippen LogP contribution in [0.2, 0.25) is 18.1 Å². The van der Waals surface area contributed by atoms with Crippen LogP contribution in [0.3, 0.4) is 0 Å². The molecule has 5 heteroatoms. The molecular formula is C20H41NO3Si. The van der Waals surface area contributed by atoms with Crippen LogP contribution in [-0.2, 0) is 9.16 Å². The smallest absolute Gasteiger partial charge is 0.409 e. The van der Waals surface area contributed by atoms with Gasteiger partial charge >= 0.3 is 6.09 Å². The fourth-order valence-electron chi connectivity index (χ4n) is 3.06. The molecule has 25 heavy (non-hydrogen) atoms. The van der Waals surface area contributed by atoms with Crippen molar-refractivity contribution >= 4 is 14.4 Å². The fourth-order valence-corrected chi connectivity index (χ4v) is 4.14. The molecule has 2 atom stereocenters. The molecule has 0 saturated carbocycles. The maximum atomic E-state index is 12.1. The number of piperidine rings is 1. The lowest BCUT2D eigenvalue weighted by molar-refractivity contribution is 0.0561. The second kappa shape index (κ2) is 8.42. The minimum Gasteiger partial charge on any atom is -0.453 e. The number of nitrogens with zero attached hydrogens (tertiary/aromatic N) is 1. The quantitative estimate of drug-likeness (QED) is 0.583. The van der Waals surface area contributed by atoms with Crippen LogP contribution >= 0.6 is 0 Å². The highest BCUT2D eigenvalue weighted by Crippen LogP contribution is 2.38. The standard InChI is InChI=1S/C20H41NO3Si/c1-19(2,3)12-10-17-14-16(11-13-21(17)18(22)23-7)15-24-25(8,9)20(4,5)6/h16-17H,10-15H2,1-9H3. The molecule has 0 N–H and O–H groups in total. The van der Waals surface area contributed by atoms with Crippen molar-refractivity contribution in [1.29, 1.82) is 0 Å². The molecule has 1 saturated heterocycles. The van der Waals surface area contributed by atoms with Crippen molar-refractivity contribution in [3.05, 3.63) is 0 Å². The van der Waals surface area contributed by atoms with Crippen LogP contribution in [0.5, 0.6) is 0 Å². The zero-order valence-corrected chi connectivity index (χ0v) is 19.1. The number of hydrogen-bond donors (Lipinski definition) is 0. The third-order valence-corrected chi connectivity index (χ3v) is 10.4. The Balaban J connectivity index is 2.69. The average molecular weight is 372 g/mol. The normalized spacial score (nSPS) is 22.8. The fraction of sp³-hybridized carbons (Fsp3) is 0.950. The Hall–Kier alpha value is -0.553. The van der Waals surface area contributed by atoms with E-state index < -0.39 is 8.32 Å². The first kappa shape index (κ1) is 22.5. The van der Waals surface area contributed by atoms with Crippen molar-refractivity contribution in [1.82, 2.24) is 4.90 Å². The second-order valence-corrected chi connectivity index (χ2v) is 15.2. The van der Waals surface area contributed by atoms with Crippen molar-refractivity contribution in [2.75, 3.05) is 20.3 Å². The van der Waals surface area contributed by atoms with Gasteiger partial charge in [-0.05, 0) is 55.1 Å². The topological polar surface area (TPSA) is 38.8 Å². The summed E-state index contributed by atoms with van der Waals surface area (Å²) in [5.41, 5.74) is 0.284. The van der Waals surface area contributed by atoms with Crippen molar-refractivity contribution < 1.29 is 14.0 Å². The predicted molar refractivity (Wildman–Crippen MR) is 107 cm³/mol. The van der Waals surface area contributed by atoms with Gasteiger partial charge in [0.1, 0.15) is 0 Å². The van der Waals surface area contributed by atoms with Crippen LogP contribution in [-0.4, -0.2) is 45.6 Å². The lowest BCUT2D eigenvalue weighted by atomic mass is 9.83. The van der Waals surface area contributed by atoms with Gasteiger partial charge in [0, 0.05) is 19.2 Å². The summed E-state index contributed by atoms with van der Waals surface area (Å²) in [6, 6.07) is 0.272. The van der Waals surface area contributed by atoms with Crippen molar-refractivity contribution in [3.63, 3.8) is 0 Å². The molecule has 1 fully saturated rings. The molecule has 0 aromatic heterocycles. The molecule has 148 valence electrons. The Kier molecular flexibility index (Phi) is 7.58. The molecule has 0 spiro atoms. The molecule has 1 heterocycles. The maximum absolute atomic E-state index is 12.1. The zero-order valence-electron chi connectivity index (χ0n) is 18.1. The SMILES string of the molecule is COC(=O)N1CCC(CO[Si](C)(C)C(C)(C)C)CC1CCC(C)(C)C. The first-order chi connectivity index (χ1) is 11.3. The van der Waals surface area contributed by atoms with Gasteiger partial charge in [-0.2, -0.15) is 0 Å². The van der Waals surface area contributed by atoms with E-state index in [0.29, 0.717) is 5.92 Å². The molecule has 4 nitrogen and oxygen atoms in total. The summed E-state index contributed by atoms with van der Waals surface area (Å²) >= 11 is 0. The van der Waals surface area contributed by atoms with E-state index in [1.54, 1.807) is 0 Å². The second-order valence-electron chi connectivity index (χ2n) is 10.4. The van der Waals surface area contributed by atoms with Crippen molar-refractivity contribution in [2.24, 2.45) is 11.3 Å². The summed E-state index contributed by atoms with van der Waals surface area (Å²) in [6.45, 7) is 19.9. The highest BCUT2D eigenvalue weighted by Gasteiger charge is 2.39. The third-order valence-electron chi connectivity index (χ3n) is 5.95. The minimum absolute atomic E-state index is 0.178. The highest BCUT2D eigenvalue weighted by atomic mass is 28.4. The van der Waals surface area contributed by atoms with E-state index in [2.05, 4.69) is 54.6 Å². The maximum Gasteiger partial charge on any atom is 0.409 e. The molecule has 0 aromatic carbocycles. The Morgan fingerprint density at radius 3 is 2.24 bits per heavy atom. The largest absolute Gasteiger partial charge is 0.453 e. The number of ether oxygens (including phenoxy) is 1. The van der Waals surface area contributed by atoms with Crippen LogP contribution in [0.1, 0.15) is 67.2 Å². The first-order valence-corrected chi connectivity index (χ1v) is 12.7. The van der Waals surface area contributed by atoms with Gasteiger partial charge in [-0.3, -0.25) is 0 Å². The van der Waals surface area contributed by atoms with Gasteiger partial charge in [0.15, 0.2) is 8.32 Å². The van der Waals surface area contributed by atoms with Gasteiger partial charge in [0.2, 0.25) is 0 Å². The summed E-state index contributed by atoms with van der Waals surface area (Å²) < 4.78 is 11.5. The molecule has 2 unspecified atom stereocenters. The molecule has 0 radical (unpaired) electrons. The van der Waals surface area contributed by atoms with Crippen LogP contribution in [0.15, 0.2) is 0 Å². The molecule has 0 bridgehead atoms. The van der Waals surface area contributed by atoms with Crippen LogP contribution < -0.4 is 0 Å². The molecule has 1 amide bonds. The number of likely N-dealkylation sites (tertiary alicyclic amines) is 1. The Morgan fingerprint density at radius 2 is 1.76 bits per heavy atom. The van der Waals surface area contributed by atoms with Crippen LogP contribution in [0.25, 0.3) is 0 Å². The van der Waals surface area contributed by atoms with Crippen LogP contribution in [0.4, 0.5) is 4.79 Å². The number of methoxy groups -OCH3 is 1. The molecular weight excluding hydrogens is 330 g/mol. The number of carbonyl (C=O) groups is 1. The molecule has 1 aliphatic rings. The Bertz CT molecular complexity index is 437. The van der Waals surface area contributed by atoms with E-state index in [-0.39, 0.29) is 22.6 Å². The van der Waals surface area contributed by atoms with Gasteiger partial charge in [-0.25, -0.2) is 4.79 Å². The summed E-state index contributed by atoms with van der Waals surface area (Å²) in [6.07, 6.45) is 4.01.